The first kappa shape index (κ1) is 14.0. The Bertz CT molecular complexity index is 757. The minimum absolute atomic E-state index is 0.242. The average molecular weight is 289 g/mol. The maximum atomic E-state index is 12.5. The Morgan fingerprint density at radius 3 is 2.86 bits per heavy atom. The first-order valence-corrected chi connectivity index (χ1v) is 7.30. The molecule has 0 bridgehead atoms. The van der Waals surface area contributed by atoms with Gasteiger partial charge in [-0.2, -0.15) is 0 Å². The zero-order valence-electron chi connectivity index (χ0n) is 12.1. The Morgan fingerprint density at radius 1 is 1.33 bits per heavy atom. The zero-order chi connectivity index (χ0) is 14.8. The van der Waals surface area contributed by atoms with Crippen LogP contribution in [0.3, 0.4) is 0 Å². The van der Waals surface area contributed by atoms with E-state index in [2.05, 4.69) is 4.98 Å². The lowest BCUT2D eigenvalue weighted by Gasteiger charge is -2.22. The Hall–Kier alpha value is -1.95. The molecule has 0 unspecified atom stereocenters. The summed E-state index contributed by atoms with van der Waals surface area (Å²) in [7, 11) is 1.69. The van der Waals surface area contributed by atoms with Gasteiger partial charge in [0.05, 0.1) is 10.9 Å². The highest BCUT2D eigenvalue weighted by Crippen LogP contribution is 2.18. The molecule has 6 nitrogen and oxygen atoms in total. The van der Waals surface area contributed by atoms with Crippen molar-refractivity contribution in [3.8, 4) is 0 Å². The summed E-state index contributed by atoms with van der Waals surface area (Å²) in [6.45, 7) is 2.01. The Balaban J connectivity index is 1.94. The van der Waals surface area contributed by atoms with Crippen LogP contribution in [0.5, 0.6) is 0 Å². The topological polar surface area (TPSA) is 66.1 Å². The van der Waals surface area contributed by atoms with Gasteiger partial charge in [-0.3, -0.25) is 18.9 Å². The van der Waals surface area contributed by atoms with Crippen LogP contribution in [0.2, 0.25) is 0 Å². The molecule has 2 aromatic heterocycles. The Labute approximate surface area is 122 Å². The number of fused-ring (bicyclic) bond motifs is 1. The maximum absolute atomic E-state index is 12.5. The van der Waals surface area contributed by atoms with Crippen LogP contribution in [-0.4, -0.2) is 27.3 Å². The lowest BCUT2D eigenvalue weighted by Crippen LogP contribution is -2.39. The quantitative estimate of drug-likeness (QED) is 0.842. The van der Waals surface area contributed by atoms with E-state index in [9.17, 15) is 9.59 Å². The molecule has 2 aromatic rings. The predicted octanol–water partition coefficient (Wildman–Crippen LogP) is 0.912. The summed E-state index contributed by atoms with van der Waals surface area (Å²) in [5.74, 6) is 0.528. The predicted molar refractivity (Wildman–Crippen MR) is 79.4 cm³/mol. The van der Waals surface area contributed by atoms with Crippen molar-refractivity contribution in [2.24, 2.45) is 13.0 Å². The molecule has 21 heavy (non-hydrogen) atoms. The molecule has 0 spiro atoms. The van der Waals surface area contributed by atoms with Gasteiger partial charge in [-0.15, -0.1) is 0 Å². The van der Waals surface area contributed by atoms with Crippen molar-refractivity contribution in [2.45, 2.75) is 25.8 Å². The fourth-order valence-electron chi connectivity index (χ4n) is 2.90. The number of nitrogens with zero attached hydrogens (tertiary/aromatic N) is 3. The van der Waals surface area contributed by atoms with Gasteiger partial charge in [-0.25, -0.2) is 4.79 Å². The Morgan fingerprint density at radius 2 is 2.10 bits per heavy atom. The van der Waals surface area contributed by atoms with Gasteiger partial charge >= 0.3 is 5.69 Å². The van der Waals surface area contributed by atoms with E-state index in [4.69, 9.17) is 4.74 Å². The fourth-order valence-corrected chi connectivity index (χ4v) is 2.90. The number of aromatic nitrogens is 3. The van der Waals surface area contributed by atoms with Gasteiger partial charge in [0.15, 0.2) is 0 Å². The van der Waals surface area contributed by atoms with Crippen molar-refractivity contribution >= 4 is 10.9 Å². The molecule has 0 aliphatic carbocycles. The van der Waals surface area contributed by atoms with Crippen molar-refractivity contribution in [1.82, 2.24) is 14.1 Å². The van der Waals surface area contributed by atoms with Gasteiger partial charge in [0.1, 0.15) is 0 Å². The van der Waals surface area contributed by atoms with E-state index in [0.29, 0.717) is 23.4 Å². The van der Waals surface area contributed by atoms with Crippen LogP contribution >= 0.6 is 0 Å². The van der Waals surface area contributed by atoms with E-state index in [1.54, 1.807) is 19.3 Å². The van der Waals surface area contributed by atoms with E-state index in [1.165, 1.54) is 15.3 Å². The first-order chi connectivity index (χ1) is 10.2. The van der Waals surface area contributed by atoms with Crippen LogP contribution in [0.15, 0.2) is 28.0 Å². The summed E-state index contributed by atoms with van der Waals surface area (Å²) in [6, 6.07) is 1.70. The molecule has 1 saturated heterocycles. The second-order valence-electron chi connectivity index (χ2n) is 5.54. The largest absolute Gasteiger partial charge is 0.381 e. The second-order valence-corrected chi connectivity index (χ2v) is 5.54. The summed E-state index contributed by atoms with van der Waals surface area (Å²) in [6.07, 6.45) is 5.97. The molecular formula is C15H19N3O3. The highest BCUT2D eigenvalue weighted by molar-refractivity contribution is 5.76. The summed E-state index contributed by atoms with van der Waals surface area (Å²) >= 11 is 0. The first-order valence-electron chi connectivity index (χ1n) is 7.30. The van der Waals surface area contributed by atoms with Crippen molar-refractivity contribution in [1.29, 1.82) is 0 Å². The molecule has 0 atom stereocenters. The minimum atomic E-state index is -0.259. The van der Waals surface area contributed by atoms with Crippen LogP contribution in [0.4, 0.5) is 0 Å². The zero-order valence-corrected chi connectivity index (χ0v) is 12.1. The SMILES string of the molecule is Cn1c(=O)n(CCC2CCOCC2)c(=O)c2cnccc21. The lowest BCUT2D eigenvalue weighted by molar-refractivity contribution is 0.0624. The fraction of sp³-hybridized carbons (Fsp3) is 0.533. The van der Waals surface area contributed by atoms with E-state index in [-0.39, 0.29) is 11.2 Å². The molecule has 3 rings (SSSR count). The van der Waals surface area contributed by atoms with E-state index in [0.717, 1.165) is 32.5 Å². The molecule has 1 aliphatic heterocycles. The third-order valence-corrected chi connectivity index (χ3v) is 4.25. The number of aryl methyl sites for hydroxylation is 1. The molecule has 112 valence electrons. The number of hydrogen-bond acceptors (Lipinski definition) is 4. The second kappa shape index (κ2) is 5.81. The molecule has 0 amide bonds. The monoisotopic (exact) mass is 289 g/mol. The number of rotatable bonds is 3. The summed E-state index contributed by atoms with van der Waals surface area (Å²) < 4.78 is 8.18. The maximum Gasteiger partial charge on any atom is 0.331 e. The molecule has 0 radical (unpaired) electrons. The molecule has 6 heteroatoms. The lowest BCUT2D eigenvalue weighted by atomic mass is 9.97. The van der Waals surface area contributed by atoms with Crippen LogP contribution in [-0.2, 0) is 18.3 Å². The molecule has 0 aromatic carbocycles. The molecule has 3 heterocycles. The number of pyridine rings is 1. The van der Waals surface area contributed by atoms with Gasteiger partial charge < -0.3 is 4.74 Å². The van der Waals surface area contributed by atoms with Crippen molar-refractivity contribution < 1.29 is 4.74 Å². The van der Waals surface area contributed by atoms with Crippen molar-refractivity contribution in [2.75, 3.05) is 13.2 Å². The van der Waals surface area contributed by atoms with Crippen LogP contribution in [0.25, 0.3) is 10.9 Å². The standard InChI is InChI=1S/C15H19N3O3/c1-17-13-2-6-16-10-12(13)14(19)18(15(17)20)7-3-11-4-8-21-9-5-11/h2,6,10-11H,3-5,7-9H2,1H3. The molecule has 1 aliphatic rings. The van der Waals surface area contributed by atoms with E-state index < -0.39 is 0 Å². The molecular weight excluding hydrogens is 270 g/mol. The summed E-state index contributed by atoms with van der Waals surface area (Å²) in [5, 5.41) is 0.492. The van der Waals surface area contributed by atoms with Gasteiger partial charge in [0.2, 0.25) is 0 Å². The highest BCUT2D eigenvalue weighted by atomic mass is 16.5. The Kier molecular flexibility index (Phi) is 3.88. The van der Waals surface area contributed by atoms with E-state index >= 15 is 0 Å². The summed E-state index contributed by atoms with van der Waals surface area (Å²) in [4.78, 5) is 28.8. The average Bonchev–Trinajstić information content (AvgIpc) is 2.54. The third-order valence-electron chi connectivity index (χ3n) is 4.25. The highest BCUT2D eigenvalue weighted by Gasteiger charge is 2.16. The van der Waals surface area contributed by atoms with E-state index in [1.807, 2.05) is 0 Å². The number of ether oxygens (including phenoxy) is 1. The van der Waals surface area contributed by atoms with Gasteiger partial charge in [0.25, 0.3) is 5.56 Å². The van der Waals surface area contributed by atoms with Crippen molar-refractivity contribution in [3.05, 3.63) is 39.3 Å². The van der Waals surface area contributed by atoms with Crippen LogP contribution in [0, 0.1) is 5.92 Å². The van der Waals surface area contributed by atoms with Gasteiger partial charge in [-0.1, -0.05) is 0 Å². The van der Waals surface area contributed by atoms with Crippen LogP contribution < -0.4 is 11.2 Å². The van der Waals surface area contributed by atoms with Crippen molar-refractivity contribution in [3.63, 3.8) is 0 Å². The summed E-state index contributed by atoms with van der Waals surface area (Å²) in [5.41, 5.74) is 0.126. The normalized spacial score (nSPS) is 16.4. The molecule has 1 fully saturated rings. The van der Waals surface area contributed by atoms with Gasteiger partial charge in [0, 0.05) is 39.2 Å². The minimum Gasteiger partial charge on any atom is -0.381 e. The van der Waals surface area contributed by atoms with Gasteiger partial charge in [-0.05, 0) is 31.2 Å². The van der Waals surface area contributed by atoms with Crippen LogP contribution in [0.1, 0.15) is 19.3 Å². The molecule has 0 saturated carbocycles. The molecule has 0 N–H and O–H groups in total. The number of hydrogen-bond donors (Lipinski definition) is 0. The third kappa shape index (κ3) is 2.63. The smallest absolute Gasteiger partial charge is 0.331 e.